The Labute approximate surface area is 163 Å². The molecule has 1 aliphatic heterocycles. The quantitative estimate of drug-likeness (QED) is 0.616. The summed E-state index contributed by atoms with van der Waals surface area (Å²) in [6, 6.07) is 11.7. The van der Waals surface area contributed by atoms with Crippen LogP contribution in [-0.4, -0.2) is 17.4 Å². The second-order valence-electron chi connectivity index (χ2n) is 7.06. The van der Waals surface area contributed by atoms with Crippen molar-refractivity contribution < 1.29 is 9.18 Å². The average molecular weight is 370 g/mol. The van der Waals surface area contributed by atoms with Gasteiger partial charge in [-0.25, -0.2) is 4.39 Å². The molecule has 2 aromatic rings. The number of hydrogen-bond acceptors (Lipinski definition) is 1. The number of aryl methyl sites for hydroxylation is 2. The van der Waals surface area contributed by atoms with Gasteiger partial charge in [-0.15, -0.1) is 0 Å². The lowest BCUT2D eigenvalue weighted by molar-refractivity contribution is 0.0734. The highest BCUT2D eigenvalue weighted by molar-refractivity contribution is 5.94. The average Bonchev–Trinajstić information content (AvgIpc) is 2.70. The number of halogens is 1. The number of alkyl halides is 1. The maximum atomic E-state index is 14.2. The van der Waals surface area contributed by atoms with Crippen LogP contribution in [0.1, 0.15) is 78.0 Å². The summed E-state index contributed by atoms with van der Waals surface area (Å²) < 4.78 is 14.2. The van der Waals surface area contributed by atoms with Crippen molar-refractivity contribution in [3.63, 3.8) is 0 Å². The molecule has 1 aliphatic rings. The minimum atomic E-state index is -0.916. The SMILES string of the molecule is CC.CCCC(F)c1ccc2c(c1)CN(C(=O)c1ccc(C)c(C)c1)CC2. The predicted octanol–water partition coefficient (Wildman–Crippen LogP) is 6.34. The number of hydrogen-bond donors (Lipinski definition) is 0. The van der Waals surface area contributed by atoms with Crippen LogP contribution < -0.4 is 0 Å². The fraction of sp³-hybridized carbons (Fsp3) is 0.458. The topological polar surface area (TPSA) is 20.3 Å². The van der Waals surface area contributed by atoms with Gasteiger partial charge in [0.15, 0.2) is 0 Å². The van der Waals surface area contributed by atoms with Gasteiger partial charge in [0, 0.05) is 18.7 Å². The van der Waals surface area contributed by atoms with E-state index in [1.165, 1.54) is 11.1 Å². The van der Waals surface area contributed by atoms with Crippen LogP contribution in [0.25, 0.3) is 0 Å². The highest BCUT2D eigenvalue weighted by Gasteiger charge is 2.23. The highest BCUT2D eigenvalue weighted by Crippen LogP contribution is 2.28. The molecule has 0 radical (unpaired) electrons. The molecule has 0 bridgehead atoms. The molecule has 0 spiro atoms. The summed E-state index contributed by atoms with van der Waals surface area (Å²) in [5, 5.41) is 0. The molecule has 2 aromatic carbocycles. The van der Waals surface area contributed by atoms with Gasteiger partial charge in [-0.1, -0.05) is 51.5 Å². The first kappa shape index (κ1) is 21.1. The lowest BCUT2D eigenvalue weighted by atomic mass is 9.94. The molecule has 2 nitrogen and oxygen atoms in total. The van der Waals surface area contributed by atoms with Gasteiger partial charge in [0.2, 0.25) is 0 Å². The molecule has 1 heterocycles. The Bertz CT molecular complexity index is 784. The van der Waals surface area contributed by atoms with E-state index >= 15 is 0 Å². The number of benzene rings is 2. The number of amides is 1. The monoisotopic (exact) mass is 369 g/mol. The van der Waals surface area contributed by atoms with Crippen LogP contribution in [0.15, 0.2) is 36.4 Å². The summed E-state index contributed by atoms with van der Waals surface area (Å²) in [7, 11) is 0. The zero-order valence-corrected chi connectivity index (χ0v) is 17.3. The fourth-order valence-electron chi connectivity index (χ4n) is 3.42. The van der Waals surface area contributed by atoms with Crippen molar-refractivity contribution >= 4 is 5.91 Å². The Morgan fingerprint density at radius 3 is 2.48 bits per heavy atom. The van der Waals surface area contributed by atoms with Crippen molar-refractivity contribution in [2.24, 2.45) is 0 Å². The maximum Gasteiger partial charge on any atom is 0.254 e. The summed E-state index contributed by atoms with van der Waals surface area (Å²) in [5.41, 5.74) is 6.11. The minimum Gasteiger partial charge on any atom is -0.334 e. The molecule has 146 valence electrons. The summed E-state index contributed by atoms with van der Waals surface area (Å²) in [5.74, 6) is 0.0597. The molecule has 0 fully saturated rings. The van der Waals surface area contributed by atoms with Crippen molar-refractivity contribution in [3.05, 3.63) is 69.8 Å². The van der Waals surface area contributed by atoms with E-state index in [-0.39, 0.29) is 5.91 Å². The van der Waals surface area contributed by atoms with E-state index in [0.29, 0.717) is 19.5 Å². The van der Waals surface area contributed by atoms with E-state index < -0.39 is 6.17 Å². The van der Waals surface area contributed by atoms with Crippen LogP contribution in [0.3, 0.4) is 0 Å². The van der Waals surface area contributed by atoms with E-state index in [0.717, 1.165) is 35.1 Å². The Morgan fingerprint density at radius 2 is 1.81 bits per heavy atom. The largest absolute Gasteiger partial charge is 0.334 e. The molecular weight excluding hydrogens is 337 g/mol. The van der Waals surface area contributed by atoms with Crippen molar-refractivity contribution in [3.8, 4) is 0 Å². The first-order valence-electron chi connectivity index (χ1n) is 10.1. The third kappa shape index (κ3) is 4.97. The van der Waals surface area contributed by atoms with Crippen LogP contribution in [-0.2, 0) is 13.0 Å². The van der Waals surface area contributed by atoms with Gasteiger partial charge in [-0.05, 0) is 66.6 Å². The van der Waals surface area contributed by atoms with E-state index in [1.54, 1.807) is 0 Å². The molecule has 0 saturated carbocycles. The number of rotatable bonds is 4. The van der Waals surface area contributed by atoms with Crippen molar-refractivity contribution in [2.45, 2.75) is 66.6 Å². The number of carbonyl (C=O) groups excluding carboxylic acids is 1. The van der Waals surface area contributed by atoms with Crippen LogP contribution in [0.4, 0.5) is 4.39 Å². The fourth-order valence-corrected chi connectivity index (χ4v) is 3.42. The zero-order valence-electron chi connectivity index (χ0n) is 17.3. The van der Waals surface area contributed by atoms with Gasteiger partial charge in [-0.2, -0.15) is 0 Å². The van der Waals surface area contributed by atoms with E-state index in [9.17, 15) is 9.18 Å². The van der Waals surface area contributed by atoms with Crippen LogP contribution in [0, 0.1) is 13.8 Å². The molecule has 3 rings (SSSR count). The lowest BCUT2D eigenvalue weighted by Gasteiger charge is -2.29. The molecule has 3 heteroatoms. The Kier molecular flexibility index (Phi) is 7.58. The molecule has 0 aliphatic carbocycles. The molecule has 0 N–H and O–H groups in total. The van der Waals surface area contributed by atoms with Crippen molar-refractivity contribution in [2.75, 3.05) is 6.54 Å². The van der Waals surface area contributed by atoms with Crippen molar-refractivity contribution in [1.82, 2.24) is 4.90 Å². The van der Waals surface area contributed by atoms with E-state index in [1.807, 2.05) is 75.9 Å². The maximum absolute atomic E-state index is 14.2. The van der Waals surface area contributed by atoms with E-state index in [4.69, 9.17) is 0 Å². The summed E-state index contributed by atoms with van der Waals surface area (Å²) in [6.07, 6.45) is 1.29. The Morgan fingerprint density at radius 1 is 1.07 bits per heavy atom. The number of fused-ring (bicyclic) bond motifs is 1. The molecule has 0 saturated heterocycles. The predicted molar refractivity (Wildman–Crippen MR) is 111 cm³/mol. The normalized spacial score (nSPS) is 14.1. The van der Waals surface area contributed by atoms with Crippen LogP contribution in [0.2, 0.25) is 0 Å². The summed E-state index contributed by atoms with van der Waals surface area (Å²) >= 11 is 0. The molecule has 0 aromatic heterocycles. The highest BCUT2D eigenvalue weighted by atomic mass is 19.1. The van der Waals surface area contributed by atoms with Gasteiger partial charge >= 0.3 is 0 Å². The number of carbonyl (C=O) groups is 1. The standard InChI is InChI=1S/C22H26FNO.C2H6/c1-4-5-21(23)18-9-8-17-10-11-24(14-20(17)13-18)22(25)19-7-6-15(2)16(3)12-19;1-2/h6-9,12-13,21H,4-5,10-11,14H2,1-3H3;1-2H3. The van der Waals surface area contributed by atoms with Crippen LogP contribution >= 0.6 is 0 Å². The first-order valence-corrected chi connectivity index (χ1v) is 10.1. The van der Waals surface area contributed by atoms with Gasteiger partial charge < -0.3 is 4.90 Å². The third-order valence-electron chi connectivity index (χ3n) is 5.19. The molecular formula is C24H32FNO. The van der Waals surface area contributed by atoms with Crippen molar-refractivity contribution in [1.29, 1.82) is 0 Å². The lowest BCUT2D eigenvalue weighted by Crippen LogP contribution is -2.36. The Hall–Kier alpha value is -2.16. The second kappa shape index (κ2) is 9.68. The van der Waals surface area contributed by atoms with Gasteiger partial charge in [0.25, 0.3) is 5.91 Å². The third-order valence-corrected chi connectivity index (χ3v) is 5.19. The zero-order chi connectivity index (χ0) is 20.0. The van der Waals surface area contributed by atoms with Gasteiger partial charge in [-0.3, -0.25) is 4.79 Å². The summed E-state index contributed by atoms with van der Waals surface area (Å²) in [6.45, 7) is 11.3. The minimum absolute atomic E-state index is 0.0597. The van der Waals surface area contributed by atoms with Gasteiger partial charge in [0.05, 0.1) is 0 Å². The Balaban J connectivity index is 0.00000126. The molecule has 27 heavy (non-hydrogen) atoms. The summed E-state index contributed by atoms with van der Waals surface area (Å²) in [4.78, 5) is 14.7. The van der Waals surface area contributed by atoms with Crippen LogP contribution in [0.5, 0.6) is 0 Å². The second-order valence-corrected chi connectivity index (χ2v) is 7.06. The molecule has 1 amide bonds. The van der Waals surface area contributed by atoms with E-state index in [2.05, 4.69) is 0 Å². The smallest absolute Gasteiger partial charge is 0.254 e. The number of nitrogens with zero attached hydrogens (tertiary/aromatic N) is 1. The molecule has 1 unspecified atom stereocenters. The molecule has 1 atom stereocenters. The van der Waals surface area contributed by atoms with Gasteiger partial charge in [0.1, 0.15) is 6.17 Å². The first-order chi connectivity index (χ1) is 13.0.